The van der Waals surface area contributed by atoms with Gasteiger partial charge in [-0.1, -0.05) is 183 Å². The standard InChI is InChI=1S/C59H38N4S/c1-38-18-11-12-25-45(34-38)59(44-23-9-4-10-24-44)50-29-15-13-26-48(50)53-46(28-17-30-51(53)59)41-35-42(47-32-33-60-54-49-27-14-16-31-52(49)64-55(47)54)37-43(36-41)58-62-56(39-19-5-2-6-20-39)61-57(63-58)40-21-7-3-8-22-40/h2-11,13-24,26-38H,1H3/t38-,59?/m1/s1. The van der Waals surface area contributed by atoms with Crippen LogP contribution in [0.5, 0.6) is 0 Å². The third-order valence-electron chi connectivity index (χ3n) is 12.6. The number of pyridine rings is 1. The Morgan fingerprint density at radius 1 is 0.531 bits per heavy atom. The van der Waals surface area contributed by atoms with Crippen LogP contribution >= 0.6 is 11.3 Å². The lowest BCUT2D eigenvalue weighted by molar-refractivity contribution is 0.757. The maximum Gasteiger partial charge on any atom is 0.164 e. The van der Waals surface area contributed by atoms with E-state index in [0.717, 1.165) is 60.1 Å². The third-order valence-corrected chi connectivity index (χ3v) is 13.8. The molecule has 0 N–H and O–H groups in total. The van der Waals surface area contributed by atoms with Gasteiger partial charge in [0.2, 0.25) is 0 Å². The summed E-state index contributed by atoms with van der Waals surface area (Å²) in [4.78, 5) is 20.5. The average Bonchev–Trinajstić information content (AvgIpc) is 3.80. The zero-order valence-corrected chi connectivity index (χ0v) is 35.7. The molecule has 2 aliphatic rings. The number of nitrogens with zero attached hydrogens (tertiary/aromatic N) is 4. The van der Waals surface area contributed by atoms with Crippen molar-refractivity contribution >= 4 is 31.6 Å². The lowest BCUT2D eigenvalue weighted by atomic mass is 9.66. The van der Waals surface area contributed by atoms with Gasteiger partial charge in [0.15, 0.2) is 17.5 Å². The summed E-state index contributed by atoms with van der Waals surface area (Å²) >= 11 is 1.78. The molecule has 12 rings (SSSR count). The van der Waals surface area contributed by atoms with Gasteiger partial charge in [-0.05, 0) is 86.8 Å². The van der Waals surface area contributed by atoms with Crippen LogP contribution in [0, 0.1) is 17.8 Å². The van der Waals surface area contributed by atoms with Crippen LogP contribution in [-0.2, 0) is 5.41 Å². The van der Waals surface area contributed by atoms with Gasteiger partial charge in [-0.25, -0.2) is 15.0 Å². The molecule has 0 saturated carbocycles. The summed E-state index contributed by atoms with van der Waals surface area (Å²) in [5.41, 5.74) is 14.6. The van der Waals surface area contributed by atoms with Crippen molar-refractivity contribution in [1.29, 1.82) is 0 Å². The minimum absolute atomic E-state index is 0.199. The van der Waals surface area contributed by atoms with Crippen LogP contribution in [0.1, 0.15) is 23.6 Å². The van der Waals surface area contributed by atoms with Crippen molar-refractivity contribution in [2.75, 3.05) is 0 Å². The first kappa shape index (κ1) is 37.7. The van der Waals surface area contributed by atoms with Crippen LogP contribution < -0.4 is 0 Å². The van der Waals surface area contributed by atoms with Crippen LogP contribution in [-0.4, -0.2) is 19.9 Å². The molecule has 0 spiro atoms. The van der Waals surface area contributed by atoms with Crippen molar-refractivity contribution < 1.29 is 0 Å². The molecule has 1 unspecified atom stereocenters. The van der Waals surface area contributed by atoms with Gasteiger partial charge < -0.3 is 0 Å². The average molecular weight is 835 g/mol. The lowest BCUT2D eigenvalue weighted by Crippen LogP contribution is -2.29. The second-order valence-corrected chi connectivity index (χ2v) is 17.5. The topological polar surface area (TPSA) is 51.6 Å². The number of benzene rings is 7. The number of fused-ring (bicyclic) bond motifs is 6. The highest BCUT2D eigenvalue weighted by molar-refractivity contribution is 7.26. The highest BCUT2D eigenvalue weighted by Gasteiger charge is 2.48. The molecular weight excluding hydrogens is 797 g/mol. The highest BCUT2D eigenvalue weighted by Crippen LogP contribution is 2.59. The van der Waals surface area contributed by atoms with E-state index in [1.165, 1.54) is 32.5 Å². The van der Waals surface area contributed by atoms with E-state index in [-0.39, 0.29) is 5.92 Å². The Bertz CT molecular complexity index is 3520. The van der Waals surface area contributed by atoms with Crippen molar-refractivity contribution in [2.45, 2.75) is 12.3 Å². The Morgan fingerprint density at radius 2 is 1.12 bits per heavy atom. The Labute approximate surface area is 376 Å². The first-order valence-electron chi connectivity index (χ1n) is 21.6. The number of allylic oxidation sites excluding steroid dienone is 4. The number of hydrogen-bond donors (Lipinski definition) is 0. The molecule has 3 heterocycles. The largest absolute Gasteiger partial charge is 0.255 e. The summed E-state index contributed by atoms with van der Waals surface area (Å²) in [7, 11) is 0. The van der Waals surface area contributed by atoms with Crippen LogP contribution in [0.3, 0.4) is 0 Å². The monoisotopic (exact) mass is 834 g/mol. The number of hydrogen-bond acceptors (Lipinski definition) is 5. The normalized spacial score (nSPS) is 16.1. The Hall–Kier alpha value is -8.04. The van der Waals surface area contributed by atoms with Gasteiger partial charge in [0.05, 0.1) is 15.6 Å². The number of thiophene rings is 1. The SMILES string of the molecule is C[C@@H]1C=CC#CC(C2(c3ccccc3)c3ccccc3-c3c(-c4cc(-c5nc(-c6ccccc6)nc(-c6ccccc6)n5)cc(-c5ccnc6c5sc5ccccc56)c4)cccc32)=C1. The fourth-order valence-corrected chi connectivity index (χ4v) is 10.9. The quantitative estimate of drug-likeness (QED) is 0.150. The first-order chi connectivity index (χ1) is 31.6. The molecule has 0 bridgehead atoms. The van der Waals surface area contributed by atoms with Gasteiger partial charge in [-0.3, -0.25) is 4.98 Å². The van der Waals surface area contributed by atoms with E-state index in [0.29, 0.717) is 17.5 Å². The summed E-state index contributed by atoms with van der Waals surface area (Å²) in [5.74, 6) is 9.09. The van der Waals surface area contributed by atoms with E-state index >= 15 is 0 Å². The molecule has 0 saturated heterocycles. The number of aromatic nitrogens is 4. The van der Waals surface area contributed by atoms with Crippen molar-refractivity contribution in [3.05, 3.63) is 229 Å². The van der Waals surface area contributed by atoms with Crippen LogP contribution in [0.4, 0.5) is 0 Å². The molecule has 300 valence electrons. The second-order valence-electron chi connectivity index (χ2n) is 16.4. The zero-order valence-electron chi connectivity index (χ0n) is 34.9. The van der Waals surface area contributed by atoms with E-state index in [4.69, 9.17) is 19.9 Å². The zero-order chi connectivity index (χ0) is 42.6. The molecular formula is C59H38N4S. The third kappa shape index (κ3) is 6.14. The molecule has 3 aromatic heterocycles. The summed E-state index contributed by atoms with van der Waals surface area (Å²) in [6, 6.07) is 64.5. The fraction of sp³-hybridized carbons (Fsp3) is 0.0508. The molecule has 2 aliphatic carbocycles. The van der Waals surface area contributed by atoms with Crippen molar-refractivity contribution in [3.8, 4) is 79.4 Å². The summed E-state index contributed by atoms with van der Waals surface area (Å²) in [6.07, 6.45) is 8.48. The molecule has 5 heteroatoms. The Kier molecular flexibility index (Phi) is 9.07. The van der Waals surface area contributed by atoms with Crippen molar-refractivity contribution in [3.63, 3.8) is 0 Å². The van der Waals surface area contributed by atoms with Gasteiger partial charge >= 0.3 is 0 Å². The second kappa shape index (κ2) is 15.4. The Morgan fingerprint density at radius 3 is 1.88 bits per heavy atom. The fourth-order valence-electron chi connectivity index (χ4n) is 9.75. The maximum absolute atomic E-state index is 5.25. The lowest BCUT2D eigenvalue weighted by Gasteiger charge is -2.34. The van der Waals surface area contributed by atoms with Crippen LogP contribution in [0.2, 0.25) is 0 Å². The molecule has 7 aromatic carbocycles. The molecule has 64 heavy (non-hydrogen) atoms. The predicted octanol–water partition coefficient (Wildman–Crippen LogP) is 14.4. The van der Waals surface area contributed by atoms with Crippen LogP contribution in [0.15, 0.2) is 212 Å². The van der Waals surface area contributed by atoms with Gasteiger partial charge in [-0.15, -0.1) is 11.3 Å². The smallest absolute Gasteiger partial charge is 0.164 e. The molecule has 2 atom stereocenters. The molecule has 0 aliphatic heterocycles. The summed E-state index contributed by atoms with van der Waals surface area (Å²) < 4.78 is 2.35. The van der Waals surface area contributed by atoms with Crippen LogP contribution in [0.25, 0.3) is 87.8 Å². The van der Waals surface area contributed by atoms with Crippen molar-refractivity contribution in [1.82, 2.24) is 19.9 Å². The molecule has 0 fully saturated rings. The van der Waals surface area contributed by atoms with E-state index in [2.05, 4.69) is 177 Å². The molecule has 0 amide bonds. The van der Waals surface area contributed by atoms with Crippen molar-refractivity contribution in [2.24, 2.45) is 5.92 Å². The maximum atomic E-state index is 5.25. The molecule has 10 aromatic rings. The highest BCUT2D eigenvalue weighted by atomic mass is 32.1. The summed E-state index contributed by atoms with van der Waals surface area (Å²) in [6.45, 7) is 2.23. The van der Waals surface area contributed by atoms with E-state index < -0.39 is 5.41 Å². The van der Waals surface area contributed by atoms with Gasteiger partial charge in [-0.2, -0.15) is 0 Å². The minimum Gasteiger partial charge on any atom is -0.255 e. The van der Waals surface area contributed by atoms with Gasteiger partial charge in [0.25, 0.3) is 0 Å². The van der Waals surface area contributed by atoms with E-state index in [1.807, 2.05) is 48.7 Å². The van der Waals surface area contributed by atoms with E-state index in [1.54, 1.807) is 11.3 Å². The van der Waals surface area contributed by atoms with Gasteiger partial charge in [0, 0.05) is 44.1 Å². The Balaban J connectivity index is 1.16. The summed E-state index contributed by atoms with van der Waals surface area (Å²) in [5, 5.41) is 1.16. The minimum atomic E-state index is -0.630. The number of rotatable bonds is 7. The van der Waals surface area contributed by atoms with Gasteiger partial charge in [0.1, 0.15) is 0 Å². The molecule has 4 nitrogen and oxygen atoms in total. The molecule has 0 radical (unpaired) electrons. The van der Waals surface area contributed by atoms with E-state index in [9.17, 15) is 0 Å². The first-order valence-corrected chi connectivity index (χ1v) is 22.4. The predicted molar refractivity (Wildman–Crippen MR) is 264 cm³/mol.